The summed E-state index contributed by atoms with van der Waals surface area (Å²) in [5, 5.41) is 2.64. The van der Waals surface area contributed by atoms with Gasteiger partial charge in [-0.3, -0.25) is 19.7 Å². The van der Waals surface area contributed by atoms with E-state index in [9.17, 15) is 36.7 Å². The molecule has 2 saturated heterocycles. The Morgan fingerprint density at radius 3 is 2.20 bits per heavy atom. The van der Waals surface area contributed by atoms with Gasteiger partial charge in [-0.25, -0.2) is 18.4 Å². The van der Waals surface area contributed by atoms with E-state index in [1.54, 1.807) is 54.5 Å². The van der Waals surface area contributed by atoms with Crippen LogP contribution in [-0.4, -0.2) is 98.9 Å². The van der Waals surface area contributed by atoms with Gasteiger partial charge in [0.05, 0.1) is 18.8 Å². The molecule has 12 nitrogen and oxygen atoms in total. The summed E-state index contributed by atoms with van der Waals surface area (Å²) in [7, 11) is 0. The molecule has 2 aliphatic rings. The molecule has 4 heterocycles. The Kier molecular flexibility index (Phi) is 11.3. The van der Waals surface area contributed by atoms with E-state index in [1.807, 2.05) is 0 Å². The third-order valence-corrected chi connectivity index (χ3v) is 8.22. The molecule has 1 unspecified atom stereocenters. The minimum atomic E-state index is -4.61. The van der Waals surface area contributed by atoms with E-state index in [-0.39, 0.29) is 6.54 Å². The van der Waals surface area contributed by atoms with E-state index >= 15 is 4.39 Å². The lowest BCUT2D eigenvalue weighted by molar-refractivity contribution is -0.879. The summed E-state index contributed by atoms with van der Waals surface area (Å²) >= 11 is 0. The zero-order valence-corrected chi connectivity index (χ0v) is 29.5. The van der Waals surface area contributed by atoms with Crippen LogP contribution in [0.1, 0.15) is 71.3 Å². The molecule has 4 rings (SSSR count). The van der Waals surface area contributed by atoms with Crippen LogP contribution in [0, 0.1) is 6.92 Å². The average molecular weight is 729 g/mol. The number of carbonyl (C=O) groups is 4. The second-order valence-corrected chi connectivity index (χ2v) is 14.8. The van der Waals surface area contributed by atoms with E-state index in [0.717, 1.165) is 17.2 Å². The second kappa shape index (κ2) is 14.7. The van der Waals surface area contributed by atoms with Gasteiger partial charge < -0.3 is 19.5 Å². The molecule has 2 aromatic heterocycles. The molecule has 3 amide bonds. The highest BCUT2D eigenvalue weighted by Crippen LogP contribution is 2.34. The molecule has 2 fully saturated rings. The average Bonchev–Trinajstić information content (AvgIpc) is 3.57. The van der Waals surface area contributed by atoms with Crippen LogP contribution in [0.5, 0.6) is 0 Å². The third kappa shape index (κ3) is 9.68. The summed E-state index contributed by atoms with van der Waals surface area (Å²) in [5.41, 5.74) is -1.28. The summed E-state index contributed by atoms with van der Waals surface area (Å²) < 4.78 is 84.1. The quantitative estimate of drug-likeness (QED) is 0.162. The standard InChI is InChI=1S/C34H42F5N5O7/c1-19-13-40-23(12-24(19)20-8-9-27(41-14-20)34(37,38)39)15-42-28(45)26-11-22(36)17-44(26,31(48)51-33(5,6)7)18-49-29(46)25-10-21(35)16-43(25)30(47)50-32(2,3)4/h8-9,12-14,21-22,25-26H,10-11,15-18H2,1-7H3/p+1/t21-,22-,25+,26+,44?/m1/s1. The Balaban J connectivity index is 1.55. The molecule has 0 radical (unpaired) electrons. The number of esters is 1. The minimum absolute atomic E-state index is 0.216. The number of hydrogen-bond acceptors (Lipinski definition) is 9. The van der Waals surface area contributed by atoms with Gasteiger partial charge in [0.25, 0.3) is 5.91 Å². The van der Waals surface area contributed by atoms with Crippen molar-refractivity contribution >= 4 is 24.1 Å². The Bertz CT molecular complexity index is 1630. The van der Waals surface area contributed by atoms with Crippen LogP contribution in [0.15, 0.2) is 30.6 Å². The van der Waals surface area contributed by atoms with E-state index in [4.69, 9.17) is 14.2 Å². The molecular weight excluding hydrogens is 685 g/mol. The smallest absolute Gasteiger partial charge is 0.444 e. The number of ether oxygens (including phenoxy) is 3. The van der Waals surface area contributed by atoms with Crippen LogP contribution >= 0.6 is 0 Å². The first-order valence-corrected chi connectivity index (χ1v) is 16.3. The summed E-state index contributed by atoms with van der Waals surface area (Å²) in [6, 6.07) is 0.835. The first kappa shape index (κ1) is 39.4. The number of carbonyl (C=O) groups excluding carboxylic acids is 4. The van der Waals surface area contributed by atoms with Crippen molar-refractivity contribution in [1.29, 1.82) is 0 Å². The fourth-order valence-electron chi connectivity index (χ4n) is 5.88. The van der Waals surface area contributed by atoms with Gasteiger partial charge in [-0.15, -0.1) is 0 Å². The van der Waals surface area contributed by atoms with Crippen LogP contribution in [-0.2, 0) is 36.5 Å². The molecule has 0 aliphatic carbocycles. The topological polar surface area (TPSA) is 137 Å². The van der Waals surface area contributed by atoms with Gasteiger partial charge in [-0.05, 0) is 71.7 Å². The maximum atomic E-state index is 15.2. The Morgan fingerprint density at radius 2 is 1.61 bits per heavy atom. The number of quaternary nitrogens is 1. The molecule has 2 aliphatic heterocycles. The fourth-order valence-corrected chi connectivity index (χ4v) is 5.88. The van der Waals surface area contributed by atoms with Gasteiger partial charge in [-0.1, -0.05) is 6.07 Å². The molecular formula is C34H43F5N5O7+. The summed E-state index contributed by atoms with van der Waals surface area (Å²) in [4.78, 5) is 62.2. The van der Waals surface area contributed by atoms with Crippen molar-refractivity contribution in [3.8, 4) is 11.1 Å². The summed E-state index contributed by atoms with van der Waals surface area (Å²) in [6.07, 6.45) is -8.13. The molecule has 51 heavy (non-hydrogen) atoms. The van der Waals surface area contributed by atoms with E-state index in [0.29, 0.717) is 22.4 Å². The molecule has 280 valence electrons. The van der Waals surface area contributed by atoms with Gasteiger partial charge in [0.1, 0.15) is 35.7 Å². The van der Waals surface area contributed by atoms with Gasteiger partial charge >= 0.3 is 24.3 Å². The number of nitrogens with one attached hydrogen (secondary N) is 1. The second-order valence-electron chi connectivity index (χ2n) is 14.8. The van der Waals surface area contributed by atoms with Gasteiger partial charge in [0, 0.05) is 30.8 Å². The van der Waals surface area contributed by atoms with Crippen molar-refractivity contribution in [2.24, 2.45) is 0 Å². The predicted octanol–water partition coefficient (Wildman–Crippen LogP) is 5.80. The maximum Gasteiger partial charge on any atom is 0.520 e. The Morgan fingerprint density at radius 1 is 0.941 bits per heavy atom. The highest BCUT2D eigenvalue weighted by molar-refractivity contribution is 5.84. The number of nitrogens with zero attached hydrogens (tertiary/aromatic N) is 4. The molecule has 0 aromatic carbocycles. The minimum Gasteiger partial charge on any atom is -0.444 e. The number of pyridine rings is 2. The molecule has 1 N–H and O–H groups in total. The molecule has 0 bridgehead atoms. The molecule has 17 heteroatoms. The van der Waals surface area contributed by atoms with Crippen molar-refractivity contribution in [3.05, 3.63) is 47.5 Å². The molecule has 5 atom stereocenters. The highest BCUT2D eigenvalue weighted by atomic mass is 19.4. The largest absolute Gasteiger partial charge is 0.520 e. The van der Waals surface area contributed by atoms with Crippen molar-refractivity contribution in [2.45, 2.75) is 110 Å². The lowest BCUT2D eigenvalue weighted by Gasteiger charge is -2.36. The van der Waals surface area contributed by atoms with Crippen LogP contribution < -0.4 is 5.32 Å². The lowest BCUT2D eigenvalue weighted by Crippen LogP contribution is -2.63. The predicted molar refractivity (Wildman–Crippen MR) is 171 cm³/mol. The first-order chi connectivity index (χ1) is 23.5. The number of aryl methyl sites for hydroxylation is 1. The Hall–Kier alpha value is -4.41. The van der Waals surface area contributed by atoms with Gasteiger partial charge in [-0.2, -0.15) is 22.4 Å². The summed E-state index contributed by atoms with van der Waals surface area (Å²) in [5.74, 6) is -1.87. The van der Waals surface area contributed by atoms with Crippen LogP contribution in [0.25, 0.3) is 11.1 Å². The van der Waals surface area contributed by atoms with Crippen LogP contribution in [0.2, 0.25) is 0 Å². The number of hydrogen-bond donors (Lipinski definition) is 1. The number of likely N-dealkylation sites (tertiary alicyclic amines) is 2. The summed E-state index contributed by atoms with van der Waals surface area (Å²) in [6.45, 7) is 9.13. The lowest BCUT2D eigenvalue weighted by atomic mass is 10.0. The van der Waals surface area contributed by atoms with Crippen molar-refractivity contribution in [2.75, 3.05) is 19.8 Å². The monoisotopic (exact) mass is 728 g/mol. The maximum absolute atomic E-state index is 15.2. The number of aromatic nitrogens is 2. The van der Waals surface area contributed by atoms with E-state index in [1.165, 1.54) is 12.3 Å². The fraction of sp³-hybridized carbons (Fsp3) is 0.588. The van der Waals surface area contributed by atoms with E-state index in [2.05, 4.69) is 15.3 Å². The van der Waals surface area contributed by atoms with Crippen LogP contribution in [0.4, 0.5) is 31.5 Å². The number of halogens is 5. The first-order valence-electron chi connectivity index (χ1n) is 16.3. The van der Waals surface area contributed by atoms with Crippen molar-refractivity contribution < 1.29 is 59.8 Å². The van der Waals surface area contributed by atoms with E-state index < -0.39 is 109 Å². The highest BCUT2D eigenvalue weighted by Gasteiger charge is 2.59. The normalized spacial score (nSPS) is 23.9. The SMILES string of the molecule is Cc1cnc(CNC(=O)[C@@H]2C[C@@H](F)C[N+]2(COC(=O)[C@@H]2C[C@@H](F)CN2C(=O)OC(C)(C)C)C(=O)OC(C)(C)C)cc1-c1ccc(C(F)(F)F)nc1. The van der Waals surface area contributed by atoms with Crippen molar-refractivity contribution in [3.63, 3.8) is 0 Å². The van der Waals surface area contributed by atoms with Crippen molar-refractivity contribution in [1.82, 2.24) is 20.2 Å². The number of alkyl halides is 5. The number of amides is 3. The molecule has 0 spiro atoms. The van der Waals surface area contributed by atoms with Gasteiger partial charge in [0.2, 0.25) is 6.73 Å². The van der Waals surface area contributed by atoms with Crippen LogP contribution in [0.3, 0.4) is 0 Å². The number of rotatable bonds is 7. The zero-order chi connectivity index (χ0) is 38.1. The third-order valence-electron chi connectivity index (χ3n) is 8.22. The Labute approximate surface area is 292 Å². The zero-order valence-electron chi connectivity index (χ0n) is 29.5. The molecule has 0 saturated carbocycles. The molecule has 2 aromatic rings. The van der Waals surface area contributed by atoms with Gasteiger partial charge in [0.15, 0.2) is 12.2 Å².